The molecule has 4 saturated carbocycles. The maximum Gasteiger partial charge on any atom is 0.134 e. The van der Waals surface area contributed by atoms with Crippen LogP contribution in [0.15, 0.2) is 0 Å². The number of alkyl halides is 3. The van der Waals surface area contributed by atoms with E-state index in [1.165, 1.54) is 70.6 Å². The molecule has 0 heterocycles. The van der Waals surface area contributed by atoms with E-state index in [0.29, 0.717) is 29.6 Å². The molecule has 0 aromatic carbocycles. The molecule has 0 aromatic rings. The van der Waals surface area contributed by atoms with E-state index in [-0.39, 0.29) is 11.8 Å². The monoisotopic (exact) mass is 496 g/mol. The quantitative estimate of drug-likeness (QED) is 0.264. The summed E-state index contributed by atoms with van der Waals surface area (Å²) < 4.78 is 45.3. The lowest BCUT2D eigenvalue weighted by Crippen LogP contribution is -2.42. The molecule has 0 aliphatic heterocycles. The molecule has 0 amide bonds. The molecule has 4 fully saturated rings. The van der Waals surface area contributed by atoms with Gasteiger partial charge in [-0.1, -0.05) is 90.4 Å². The minimum atomic E-state index is -1.24. The Kier molecular flexibility index (Phi) is 11.2. The first kappa shape index (κ1) is 27.8. The molecule has 4 aliphatic carbocycles. The molecule has 0 N–H and O–H groups in total. The van der Waals surface area contributed by atoms with Gasteiger partial charge in [0.15, 0.2) is 0 Å². The van der Waals surface area contributed by atoms with Crippen LogP contribution in [0.1, 0.15) is 142 Å². The summed E-state index contributed by atoms with van der Waals surface area (Å²) in [7, 11) is 0. The summed E-state index contributed by atoms with van der Waals surface area (Å²) in [6, 6.07) is 0. The normalized spacial score (nSPS) is 41.7. The van der Waals surface area contributed by atoms with Gasteiger partial charge in [-0.25, -0.2) is 13.2 Å². The lowest BCUT2D eigenvalue weighted by Gasteiger charge is -2.41. The summed E-state index contributed by atoms with van der Waals surface area (Å²) in [6.45, 7) is 2.25. The van der Waals surface area contributed by atoms with Crippen molar-refractivity contribution in [3.05, 3.63) is 0 Å². The fourth-order valence-electron chi connectivity index (χ4n) is 8.81. The van der Waals surface area contributed by atoms with E-state index in [0.717, 1.165) is 64.2 Å². The Morgan fingerprint density at radius 2 is 1.23 bits per heavy atom. The van der Waals surface area contributed by atoms with Crippen molar-refractivity contribution in [3.8, 4) is 0 Å². The molecule has 0 nitrogen and oxygen atoms in total. The van der Waals surface area contributed by atoms with Gasteiger partial charge in [-0.05, 0) is 92.8 Å². The zero-order valence-electron chi connectivity index (χ0n) is 22.8. The van der Waals surface area contributed by atoms with Gasteiger partial charge in [-0.15, -0.1) is 0 Å². The molecule has 0 saturated heterocycles. The Labute approximate surface area is 215 Å². The van der Waals surface area contributed by atoms with Crippen molar-refractivity contribution < 1.29 is 13.2 Å². The van der Waals surface area contributed by atoms with Crippen molar-refractivity contribution in [2.75, 3.05) is 0 Å². The molecule has 0 aromatic heterocycles. The fraction of sp³-hybridized carbons (Fsp3) is 1.00. The maximum atomic E-state index is 15.1. The van der Waals surface area contributed by atoms with Crippen LogP contribution in [0.25, 0.3) is 0 Å². The van der Waals surface area contributed by atoms with Gasteiger partial charge in [-0.3, -0.25) is 0 Å². The molecule has 3 heteroatoms. The van der Waals surface area contributed by atoms with Gasteiger partial charge < -0.3 is 0 Å². The summed E-state index contributed by atoms with van der Waals surface area (Å²) in [5.74, 6) is 2.49. The molecule has 35 heavy (non-hydrogen) atoms. The second-order valence-corrected chi connectivity index (χ2v) is 13.4. The van der Waals surface area contributed by atoms with Crippen molar-refractivity contribution in [1.29, 1.82) is 0 Å². The van der Waals surface area contributed by atoms with Crippen LogP contribution in [-0.2, 0) is 0 Å². The summed E-state index contributed by atoms with van der Waals surface area (Å²) in [4.78, 5) is 0. The van der Waals surface area contributed by atoms with Gasteiger partial charge in [0.25, 0.3) is 0 Å². The number of halogens is 3. The molecule has 0 bridgehead atoms. The van der Waals surface area contributed by atoms with Crippen molar-refractivity contribution in [2.24, 2.45) is 41.4 Å². The fourth-order valence-corrected chi connectivity index (χ4v) is 8.81. The largest absolute Gasteiger partial charge is 0.247 e. The van der Waals surface area contributed by atoms with Crippen molar-refractivity contribution in [3.63, 3.8) is 0 Å². The molecular weight excluding hydrogens is 441 g/mol. The molecule has 0 spiro atoms. The highest BCUT2D eigenvalue weighted by atomic mass is 19.2. The summed E-state index contributed by atoms with van der Waals surface area (Å²) >= 11 is 0. The first-order valence-electron chi connectivity index (χ1n) is 16.0. The van der Waals surface area contributed by atoms with E-state index in [1.54, 1.807) is 0 Å². The average molecular weight is 497 g/mol. The van der Waals surface area contributed by atoms with Crippen molar-refractivity contribution in [1.82, 2.24) is 0 Å². The predicted octanol–water partition coefficient (Wildman–Crippen LogP) is 10.6. The van der Waals surface area contributed by atoms with Crippen LogP contribution < -0.4 is 0 Å². The van der Waals surface area contributed by atoms with Crippen LogP contribution in [0, 0.1) is 41.4 Å². The minimum absolute atomic E-state index is 0.0166. The van der Waals surface area contributed by atoms with Crippen LogP contribution in [0.3, 0.4) is 0 Å². The number of rotatable bonds is 10. The highest BCUT2D eigenvalue weighted by Gasteiger charge is 2.43. The average Bonchev–Trinajstić information content (AvgIpc) is 2.88. The van der Waals surface area contributed by atoms with Gasteiger partial charge in [-0.2, -0.15) is 0 Å². The van der Waals surface area contributed by atoms with Gasteiger partial charge in [0.2, 0.25) is 0 Å². The van der Waals surface area contributed by atoms with Crippen molar-refractivity contribution >= 4 is 0 Å². The highest BCUT2D eigenvalue weighted by molar-refractivity contribution is 4.92. The SMILES string of the molecule is CCCCCCC1CCC(C2CCC(CCC3CCC(C4CCCCC4)C(F)[C@H]3F)CC2)C(F)C1. The standard InChI is InChI=1S/C32H55F3/c1-2-3-4-6-9-24-15-20-28(30(33)22-24)26-16-12-23(13-17-26)14-18-27-19-21-29(32(35)31(27)34)25-10-7-5-8-11-25/h23-32H,2-22H2,1H3/t23?,24?,26?,27?,28?,29?,30?,31-,32?/m0/s1. The molecule has 0 radical (unpaired) electrons. The third kappa shape index (κ3) is 7.66. The van der Waals surface area contributed by atoms with E-state index in [2.05, 4.69) is 6.92 Å². The smallest absolute Gasteiger partial charge is 0.134 e. The Balaban J connectivity index is 1.13. The Bertz CT molecular complexity index is 579. The van der Waals surface area contributed by atoms with Gasteiger partial charge in [0.1, 0.15) is 18.5 Å². The Hall–Kier alpha value is -0.210. The van der Waals surface area contributed by atoms with Gasteiger partial charge in [0.05, 0.1) is 0 Å². The van der Waals surface area contributed by atoms with Crippen LogP contribution in [0.4, 0.5) is 13.2 Å². The van der Waals surface area contributed by atoms with Crippen LogP contribution >= 0.6 is 0 Å². The van der Waals surface area contributed by atoms with Crippen LogP contribution in [-0.4, -0.2) is 18.5 Å². The molecule has 4 aliphatic rings. The van der Waals surface area contributed by atoms with Crippen molar-refractivity contribution in [2.45, 2.75) is 160 Å². The first-order valence-corrected chi connectivity index (χ1v) is 16.0. The minimum Gasteiger partial charge on any atom is -0.247 e. The summed E-state index contributed by atoms with van der Waals surface area (Å²) in [5, 5.41) is 0. The number of unbranched alkanes of at least 4 members (excludes halogenated alkanes) is 3. The zero-order valence-corrected chi connectivity index (χ0v) is 22.8. The van der Waals surface area contributed by atoms with E-state index < -0.39 is 18.5 Å². The number of hydrogen-bond donors (Lipinski definition) is 0. The third-order valence-corrected chi connectivity index (χ3v) is 11.1. The van der Waals surface area contributed by atoms with Gasteiger partial charge in [0, 0.05) is 0 Å². The zero-order chi connectivity index (χ0) is 24.6. The lowest BCUT2D eigenvalue weighted by atomic mass is 9.66. The summed E-state index contributed by atoms with van der Waals surface area (Å²) in [6.07, 6.45) is 20.8. The van der Waals surface area contributed by atoms with Crippen LogP contribution in [0.2, 0.25) is 0 Å². The summed E-state index contributed by atoms with van der Waals surface area (Å²) in [5.41, 5.74) is 0. The molecule has 204 valence electrons. The Morgan fingerprint density at radius 1 is 0.543 bits per heavy atom. The van der Waals surface area contributed by atoms with E-state index >= 15 is 13.2 Å². The van der Waals surface area contributed by atoms with E-state index in [9.17, 15) is 0 Å². The molecular formula is C32H55F3. The topological polar surface area (TPSA) is 0 Å². The first-order chi connectivity index (χ1) is 17.1. The van der Waals surface area contributed by atoms with Crippen LogP contribution in [0.5, 0.6) is 0 Å². The molecule has 7 atom stereocenters. The molecule has 4 rings (SSSR count). The highest BCUT2D eigenvalue weighted by Crippen LogP contribution is 2.47. The number of hydrogen-bond acceptors (Lipinski definition) is 0. The van der Waals surface area contributed by atoms with Gasteiger partial charge >= 0.3 is 0 Å². The van der Waals surface area contributed by atoms with E-state index in [4.69, 9.17) is 0 Å². The van der Waals surface area contributed by atoms with E-state index in [1.807, 2.05) is 0 Å². The second kappa shape index (κ2) is 14.1. The third-order valence-electron chi connectivity index (χ3n) is 11.1. The maximum absolute atomic E-state index is 15.1. The lowest BCUT2D eigenvalue weighted by molar-refractivity contribution is -0.0134. The predicted molar refractivity (Wildman–Crippen MR) is 142 cm³/mol. The second-order valence-electron chi connectivity index (χ2n) is 13.4. The molecule has 6 unspecified atom stereocenters. The Morgan fingerprint density at radius 3 is 1.94 bits per heavy atom.